The first-order valence-corrected chi connectivity index (χ1v) is 5.72. The molecule has 1 nitrogen and oxygen atoms in total. The van der Waals surface area contributed by atoms with E-state index in [0.717, 1.165) is 18.8 Å². The Morgan fingerprint density at radius 3 is 2.20 bits per heavy atom. The van der Waals surface area contributed by atoms with Gasteiger partial charge in [0.15, 0.2) is 0 Å². The first-order valence-electron chi connectivity index (χ1n) is 5.72. The van der Waals surface area contributed by atoms with Crippen LogP contribution in [0.5, 0.6) is 5.75 Å². The van der Waals surface area contributed by atoms with E-state index in [0.29, 0.717) is 11.3 Å². The summed E-state index contributed by atoms with van der Waals surface area (Å²) in [5.41, 5.74) is 0.323. The zero-order valence-electron chi connectivity index (χ0n) is 10.3. The van der Waals surface area contributed by atoms with Crippen LogP contribution in [0.15, 0.2) is 30.3 Å². The van der Waals surface area contributed by atoms with Crippen molar-refractivity contribution in [3.63, 3.8) is 0 Å². The number of hydrogen-bond donors (Lipinski definition) is 0. The number of benzene rings is 1. The summed E-state index contributed by atoms with van der Waals surface area (Å²) in [6, 6.07) is 10.0. The molecule has 1 unspecified atom stereocenters. The van der Waals surface area contributed by atoms with Gasteiger partial charge in [-0.1, -0.05) is 45.9 Å². The monoisotopic (exact) mass is 206 g/mol. The zero-order chi connectivity index (χ0) is 11.3. The Balaban J connectivity index is 2.49. The number of para-hydroxylation sites is 1. The summed E-state index contributed by atoms with van der Waals surface area (Å²) in [6.07, 6.45) is 1.16. The van der Waals surface area contributed by atoms with Crippen molar-refractivity contribution in [1.29, 1.82) is 0 Å². The molecule has 0 aliphatic rings. The Labute approximate surface area is 93.5 Å². The maximum Gasteiger partial charge on any atom is 0.119 e. The van der Waals surface area contributed by atoms with Gasteiger partial charge in [-0.2, -0.15) is 0 Å². The van der Waals surface area contributed by atoms with Gasteiger partial charge in [-0.15, -0.1) is 0 Å². The molecule has 0 saturated carbocycles. The van der Waals surface area contributed by atoms with Crippen molar-refractivity contribution in [2.45, 2.75) is 34.1 Å². The lowest BCUT2D eigenvalue weighted by Gasteiger charge is -2.29. The highest BCUT2D eigenvalue weighted by atomic mass is 16.5. The molecule has 15 heavy (non-hydrogen) atoms. The quantitative estimate of drug-likeness (QED) is 0.719. The van der Waals surface area contributed by atoms with Crippen molar-refractivity contribution in [3.8, 4) is 5.75 Å². The average molecular weight is 206 g/mol. The molecule has 1 aromatic rings. The van der Waals surface area contributed by atoms with Crippen LogP contribution in [-0.4, -0.2) is 6.61 Å². The summed E-state index contributed by atoms with van der Waals surface area (Å²) in [4.78, 5) is 0. The second-order valence-corrected chi connectivity index (χ2v) is 5.10. The highest BCUT2D eigenvalue weighted by Crippen LogP contribution is 2.29. The van der Waals surface area contributed by atoms with Gasteiger partial charge in [-0.3, -0.25) is 0 Å². The van der Waals surface area contributed by atoms with Crippen LogP contribution in [0.4, 0.5) is 0 Å². The summed E-state index contributed by atoms with van der Waals surface area (Å²) in [6.45, 7) is 9.86. The number of rotatable bonds is 4. The highest BCUT2D eigenvalue weighted by molar-refractivity contribution is 5.20. The molecule has 0 spiro atoms. The summed E-state index contributed by atoms with van der Waals surface area (Å²) in [5.74, 6) is 1.58. The van der Waals surface area contributed by atoms with E-state index >= 15 is 0 Å². The molecule has 84 valence electrons. The molecule has 0 heterocycles. The van der Waals surface area contributed by atoms with Crippen LogP contribution < -0.4 is 4.74 Å². The fourth-order valence-electron chi connectivity index (χ4n) is 1.69. The number of ether oxygens (including phenoxy) is 1. The predicted molar refractivity (Wildman–Crippen MR) is 65.2 cm³/mol. The molecule has 0 radical (unpaired) electrons. The average Bonchev–Trinajstić information content (AvgIpc) is 2.18. The van der Waals surface area contributed by atoms with Gasteiger partial charge in [0.25, 0.3) is 0 Å². The van der Waals surface area contributed by atoms with E-state index in [-0.39, 0.29) is 0 Å². The molecule has 0 aromatic heterocycles. The Bertz CT molecular complexity index is 271. The highest BCUT2D eigenvalue weighted by Gasteiger charge is 2.23. The summed E-state index contributed by atoms with van der Waals surface area (Å²) in [5, 5.41) is 0. The molecule has 0 bridgehead atoms. The first-order chi connectivity index (χ1) is 7.04. The van der Waals surface area contributed by atoms with E-state index in [1.807, 2.05) is 30.3 Å². The molecule has 0 aliphatic heterocycles. The lowest BCUT2D eigenvalue weighted by molar-refractivity contribution is 0.142. The van der Waals surface area contributed by atoms with Crippen molar-refractivity contribution < 1.29 is 4.74 Å². The SMILES string of the molecule is CCC(COc1ccccc1)C(C)(C)C. The van der Waals surface area contributed by atoms with Crippen molar-refractivity contribution in [2.24, 2.45) is 11.3 Å². The van der Waals surface area contributed by atoms with Gasteiger partial charge in [0.2, 0.25) is 0 Å². The summed E-state index contributed by atoms with van der Waals surface area (Å²) in [7, 11) is 0. The van der Waals surface area contributed by atoms with Crippen LogP contribution in [0.25, 0.3) is 0 Å². The van der Waals surface area contributed by atoms with E-state index in [4.69, 9.17) is 4.74 Å². The molecule has 1 rings (SSSR count). The maximum absolute atomic E-state index is 5.79. The number of hydrogen-bond acceptors (Lipinski definition) is 1. The van der Waals surface area contributed by atoms with E-state index in [1.54, 1.807) is 0 Å². The van der Waals surface area contributed by atoms with Crippen molar-refractivity contribution in [2.75, 3.05) is 6.61 Å². The molecular formula is C14H22O. The van der Waals surface area contributed by atoms with Crippen LogP contribution in [0, 0.1) is 11.3 Å². The molecule has 1 heteroatoms. The van der Waals surface area contributed by atoms with Crippen LogP contribution in [-0.2, 0) is 0 Å². The van der Waals surface area contributed by atoms with E-state index in [2.05, 4.69) is 27.7 Å². The van der Waals surface area contributed by atoms with E-state index in [1.165, 1.54) is 0 Å². The van der Waals surface area contributed by atoms with Crippen molar-refractivity contribution in [3.05, 3.63) is 30.3 Å². The van der Waals surface area contributed by atoms with E-state index in [9.17, 15) is 0 Å². The van der Waals surface area contributed by atoms with Gasteiger partial charge >= 0.3 is 0 Å². The van der Waals surface area contributed by atoms with Crippen LogP contribution in [0.2, 0.25) is 0 Å². The van der Waals surface area contributed by atoms with Gasteiger partial charge in [-0.25, -0.2) is 0 Å². The zero-order valence-corrected chi connectivity index (χ0v) is 10.3. The van der Waals surface area contributed by atoms with Crippen molar-refractivity contribution >= 4 is 0 Å². The summed E-state index contributed by atoms with van der Waals surface area (Å²) >= 11 is 0. The fraction of sp³-hybridized carbons (Fsp3) is 0.571. The Kier molecular flexibility index (Phi) is 4.19. The Morgan fingerprint density at radius 2 is 1.73 bits per heavy atom. The van der Waals surface area contributed by atoms with Gasteiger partial charge in [-0.05, 0) is 29.9 Å². The van der Waals surface area contributed by atoms with Crippen LogP contribution in [0.3, 0.4) is 0 Å². The molecule has 1 atom stereocenters. The van der Waals surface area contributed by atoms with Gasteiger partial charge in [0.05, 0.1) is 6.61 Å². The second kappa shape index (κ2) is 5.20. The topological polar surface area (TPSA) is 9.23 Å². The molecule has 1 aromatic carbocycles. The Hall–Kier alpha value is -0.980. The molecular weight excluding hydrogens is 184 g/mol. The third-order valence-corrected chi connectivity index (χ3v) is 2.91. The smallest absolute Gasteiger partial charge is 0.119 e. The molecule has 0 N–H and O–H groups in total. The summed E-state index contributed by atoms with van der Waals surface area (Å²) < 4.78 is 5.79. The minimum atomic E-state index is 0.323. The van der Waals surface area contributed by atoms with Crippen LogP contribution >= 0.6 is 0 Å². The molecule has 0 amide bonds. The van der Waals surface area contributed by atoms with Gasteiger partial charge in [0.1, 0.15) is 5.75 Å². The fourth-order valence-corrected chi connectivity index (χ4v) is 1.69. The predicted octanol–water partition coefficient (Wildman–Crippen LogP) is 4.14. The first kappa shape index (κ1) is 12.1. The normalized spacial score (nSPS) is 13.6. The second-order valence-electron chi connectivity index (χ2n) is 5.10. The van der Waals surface area contributed by atoms with Crippen molar-refractivity contribution in [1.82, 2.24) is 0 Å². The van der Waals surface area contributed by atoms with E-state index < -0.39 is 0 Å². The molecule has 0 saturated heterocycles. The third kappa shape index (κ3) is 3.94. The minimum absolute atomic E-state index is 0.323. The third-order valence-electron chi connectivity index (χ3n) is 2.91. The lowest BCUT2D eigenvalue weighted by atomic mass is 9.80. The largest absolute Gasteiger partial charge is 0.493 e. The minimum Gasteiger partial charge on any atom is -0.493 e. The lowest BCUT2D eigenvalue weighted by Crippen LogP contribution is -2.25. The van der Waals surface area contributed by atoms with Gasteiger partial charge < -0.3 is 4.74 Å². The standard InChI is InChI=1S/C14H22O/c1-5-12(14(2,3)4)11-15-13-9-7-6-8-10-13/h6-10,12H,5,11H2,1-4H3. The van der Waals surface area contributed by atoms with Crippen LogP contribution in [0.1, 0.15) is 34.1 Å². The Morgan fingerprint density at radius 1 is 1.13 bits per heavy atom. The molecule has 0 fully saturated rings. The molecule has 0 aliphatic carbocycles. The van der Waals surface area contributed by atoms with Gasteiger partial charge in [0, 0.05) is 0 Å². The maximum atomic E-state index is 5.79.